The lowest BCUT2D eigenvalue weighted by atomic mass is 9.98. The molecule has 1 N–H and O–H groups in total. The molecule has 0 radical (unpaired) electrons. The van der Waals surface area contributed by atoms with Gasteiger partial charge in [0.25, 0.3) is 0 Å². The molecular weight excluding hydrogens is 272 g/mol. The molecule has 0 unspecified atom stereocenters. The molecule has 0 aliphatic heterocycles. The third kappa shape index (κ3) is 2.69. The Labute approximate surface area is 120 Å². The summed E-state index contributed by atoms with van der Waals surface area (Å²) >= 11 is 0.967. The summed E-state index contributed by atoms with van der Waals surface area (Å²) in [4.78, 5) is 0.856. The van der Waals surface area contributed by atoms with Crippen molar-refractivity contribution in [1.29, 1.82) is 0 Å². The van der Waals surface area contributed by atoms with E-state index in [9.17, 15) is 0 Å². The van der Waals surface area contributed by atoms with Crippen LogP contribution in [0.4, 0.5) is 0 Å². The number of benzene rings is 3. The molecule has 0 atom stereocenters. The molecule has 3 nitrogen and oxygen atoms in total. The van der Waals surface area contributed by atoms with E-state index >= 15 is 0 Å². The lowest BCUT2D eigenvalue weighted by Gasteiger charge is -2.08. The molecule has 3 rings (SSSR count). The second-order valence-corrected chi connectivity index (χ2v) is 5.05. The maximum Gasteiger partial charge on any atom is 0.0714 e. The summed E-state index contributed by atoms with van der Waals surface area (Å²) in [6, 6.07) is 22.4. The molecule has 3 aromatic rings. The molecule has 0 aliphatic carbocycles. The zero-order valence-corrected chi connectivity index (χ0v) is 11.3. The third-order valence-electron chi connectivity index (χ3n) is 3.10. The van der Waals surface area contributed by atoms with Crippen molar-refractivity contribution in [1.82, 2.24) is 0 Å². The second-order valence-electron chi connectivity index (χ2n) is 4.28. The van der Waals surface area contributed by atoms with E-state index in [-0.39, 0.29) is 0 Å². The van der Waals surface area contributed by atoms with Gasteiger partial charge in [0.2, 0.25) is 0 Å². The van der Waals surface area contributed by atoms with Gasteiger partial charge in [0.05, 0.1) is 12.0 Å². The lowest BCUT2D eigenvalue weighted by Crippen LogP contribution is -1.83. The first-order valence-electron chi connectivity index (χ1n) is 6.11. The Morgan fingerprint density at radius 1 is 0.850 bits per heavy atom. The average Bonchev–Trinajstić information content (AvgIpc) is 2.53. The standard InChI is InChI=1S/C16H12O3S/c17-18-19-20-14-10-9-13-7-4-8-15(16(13)11-14)12-5-2-1-3-6-12/h1-11,17H. The summed E-state index contributed by atoms with van der Waals surface area (Å²) in [5.41, 5.74) is 2.33. The lowest BCUT2D eigenvalue weighted by molar-refractivity contribution is -0.432. The monoisotopic (exact) mass is 284 g/mol. The minimum Gasteiger partial charge on any atom is -0.220 e. The molecule has 20 heavy (non-hydrogen) atoms. The Hall–Kier alpha value is -1.85. The highest BCUT2D eigenvalue weighted by atomic mass is 32.2. The van der Waals surface area contributed by atoms with Crippen molar-refractivity contribution in [2.75, 3.05) is 0 Å². The highest BCUT2D eigenvalue weighted by Gasteiger charge is 2.05. The quantitative estimate of drug-likeness (QED) is 0.418. The van der Waals surface area contributed by atoms with Crippen LogP contribution in [-0.4, -0.2) is 5.26 Å². The largest absolute Gasteiger partial charge is 0.220 e. The minimum absolute atomic E-state index is 0.856. The molecule has 0 saturated heterocycles. The number of rotatable bonds is 4. The van der Waals surface area contributed by atoms with E-state index in [0.29, 0.717) is 0 Å². The first kappa shape index (κ1) is 13.1. The predicted octanol–water partition coefficient (Wildman–Crippen LogP) is 4.94. The van der Waals surface area contributed by atoms with E-state index in [1.54, 1.807) is 0 Å². The zero-order chi connectivity index (χ0) is 13.8. The van der Waals surface area contributed by atoms with E-state index in [4.69, 9.17) is 5.26 Å². The molecule has 0 amide bonds. The minimum atomic E-state index is 0.856. The van der Waals surface area contributed by atoms with Gasteiger partial charge >= 0.3 is 0 Å². The Bertz CT molecular complexity index is 713. The van der Waals surface area contributed by atoms with Crippen LogP contribution in [0.5, 0.6) is 0 Å². The van der Waals surface area contributed by atoms with Crippen LogP contribution in [0, 0.1) is 0 Å². The molecule has 0 fully saturated rings. The van der Waals surface area contributed by atoms with E-state index < -0.39 is 0 Å². The molecule has 3 aromatic carbocycles. The first-order valence-corrected chi connectivity index (χ1v) is 6.85. The summed E-state index contributed by atoms with van der Waals surface area (Å²) in [7, 11) is 0. The normalized spacial score (nSPS) is 10.8. The highest BCUT2D eigenvalue weighted by Crippen LogP contribution is 2.32. The molecule has 0 bridgehead atoms. The molecule has 0 aromatic heterocycles. The Morgan fingerprint density at radius 2 is 1.70 bits per heavy atom. The van der Waals surface area contributed by atoms with E-state index in [1.807, 2.05) is 42.5 Å². The Balaban J connectivity index is 2.12. The molecule has 100 valence electrons. The summed E-state index contributed by atoms with van der Waals surface area (Å²) < 4.78 is 4.49. The maximum absolute atomic E-state index is 8.23. The van der Waals surface area contributed by atoms with Gasteiger partial charge in [-0.2, -0.15) is 0 Å². The van der Waals surface area contributed by atoms with Crippen molar-refractivity contribution >= 4 is 22.8 Å². The van der Waals surface area contributed by atoms with Crippen LogP contribution in [-0.2, 0) is 9.37 Å². The van der Waals surface area contributed by atoms with Crippen molar-refractivity contribution in [2.24, 2.45) is 0 Å². The Kier molecular flexibility index (Phi) is 3.99. The van der Waals surface area contributed by atoms with Gasteiger partial charge in [0, 0.05) is 4.90 Å². The number of fused-ring (bicyclic) bond motifs is 1. The van der Waals surface area contributed by atoms with Gasteiger partial charge in [-0.15, -0.1) is 4.33 Å². The third-order valence-corrected chi connectivity index (χ3v) is 3.67. The van der Waals surface area contributed by atoms with Crippen LogP contribution in [0.1, 0.15) is 0 Å². The van der Waals surface area contributed by atoms with Crippen molar-refractivity contribution in [3.8, 4) is 11.1 Å². The fraction of sp³-hybridized carbons (Fsp3) is 0. The van der Waals surface area contributed by atoms with Gasteiger partial charge in [0.15, 0.2) is 0 Å². The summed E-state index contributed by atoms with van der Waals surface area (Å²) in [5.74, 6) is 0. The van der Waals surface area contributed by atoms with Gasteiger partial charge in [0.1, 0.15) is 0 Å². The van der Waals surface area contributed by atoms with Crippen LogP contribution in [0.3, 0.4) is 0 Å². The van der Waals surface area contributed by atoms with Crippen molar-refractivity contribution in [2.45, 2.75) is 4.90 Å². The van der Waals surface area contributed by atoms with Gasteiger partial charge in [-0.25, -0.2) is 5.26 Å². The zero-order valence-electron chi connectivity index (χ0n) is 10.5. The SMILES string of the molecule is OOOSc1ccc2cccc(-c3ccccc3)c2c1. The van der Waals surface area contributed by atoms with Gasteiger partial charge in [-0.05, 0) is 34.0 Å². The van der Waals surface area contributed by atoms with Gasteiger partial charge in [-0.1, -0.05) is 59.6 Å². The molecule has 0 aliphatic rings. The predicted molar refractivity (Wildman–Crippen MR) is 80.0 cm³/mol. The van der Waals surface area contributed by atoms with Gasteiger partial charge < -0.3 is 0 Å². The average molecular weight is 284 g/mol. The van der Waals surface area contributed by atoms with Crippen molar-refractivity contribution < 1.29 is 14.6 Å². The van der Waals surface area contributed by atoms with Crippen LogP contribution in [0.25, 0.3) is 21.9 Å². The van der Waals surface area contributed by atoms with Crippen molar-refractivity contribution in [3.05, 3.63) is 66.7 Å². The molecule has 4 heteroatoms. The fourth-order valence-corrected chi connectivity index (χ4v) is 2.63. The van der Waals surface area contributed by atoms with Crippen LogP contribution in [0.15, 0.2) is 71.6 Å². The molecule has 0 spiro atoms. The smallest absolute Gasteiger partial charge is 0.0714 e. The fourth-order valence-electron chi connectivity index (χ4n) is 2.23. The summed E-state index contributed by atoms with van der Waals surface area (Å²) in [6.07, 6.45) is 0. The van der Waals surface area contributed by atoms with E-state index in [2.05, 4.69) is 33.6 Å². The van der Waals surface area contributed by atoms with Crippen LogP contribution in [0.2, 0.25) is 0 Å². The topological polar surface area (TPSA) is 38.7 Å². The second kappa shape index (κ2) is 6.07. The maximum atomic E-state index is 8.23. The Morgan fingerprint density at radius 3 is 2.50 bits per heavy atom. The molecular formula is C16H12O3S. The van der Waals surface area contributed by atoms with E-state index in [1.165, 1.54) is 5.56 Å². The van der Waals surface area contributed by atoms with Gasteiger partial charge in [-0.3, -0.25) is 0 Å². The summed E-state index contributed by atoms with van der Waals surface area (Å²) in [5, 5.41) is 14.1. The molecule has 0 heterocycles. The van der Waals surface area contributed by atoms with Crippen LogP contribution < -0.4 is 0 Å². The van der Waals surface area contributed by atoms with Crippen LogP contribution >= 0.6 is 12.0 Å². The first-order chi connectivity index (χ1) is 9.88. The number of hydrogen-bond donors (Lipinski definition) is 1. The highest BCUT2D eigenvalue weighted by molar-refractivity contribution is 7.94. The molecule has 0 saturated carbocycles. The van der Waals surface area contributed by atoms with E-state index in [0.717, 1.165) is 33.3 Å². The summed E-state index contributed by atoms with van der Waals surface area (Å²) in [6.45, 7) is 0. The number of hydrogen-bond acceptors (Lipinski definition) is 4. The van der Waals surface area contributed by atoms with Crippen molar-refractivity contribution in [3.63, 3.8) is 0 Å².